The number of hydrogen-bond acceptors (Lipinski definition) is 8. The van der Waals surface area contributed by atoms with Crippen LogP contribution in [0.15, 0.2) is 35.0 Å². The van der Waals surface area contributed by atoms with Gasteiger partial charge in [0, 0.05) is 24.2 Å². The lowest BCUT2D eigenvalue weighted by Crippen LogP contribution is -2.44. The van der Waals surface area contributed by atoms with Crippen LogP contribution in [0.5, 0.6) is 17.2 Å². The number of hydrazine groups is 1. The number of methoxy groups -OCH3 is 3. The Hall–Kier alpha value is -3.82. The van der Waals surface area contributed by atoms with Crippen LogP contribution in [0.2, 0.25) is 0 Å². The minimum Gasteiger partial charge on any atom is -0.493 e. The fraction of sp³-hybridized carbons (Fsp3) is 0.300. The maximum atomic E-state index is 13.2. The van der Waals surface area contributed by atoms with Crippen LogP contribution in [0.4, 0.5) is 0 Å². The largest absolute Gasteiger partial charge is 0.493 e. The Labute approximate surface area is 171 Å². The van der Waals surface area contributed by atoms with E-state index in [1.54, 1.807) is 30.3 Å². The topological polar surface area (TPSA) is 107 Å². The molecule has 0 unspecified atom stereocenters. The summed E-state index contributed by atoms with van der Waals surface area (Å²) in [6.45, 7) is 0.832. The van der Waals surface area contributed by atoms with Crippen molar-refractivity contribution in [2.24, 2.45) is 0 Å². The Bertz CT molecular complexity index is 1090. The first-order valence-electron chi connectivity index (χ1n) is 9.23. The highest BCUT2D eigenvalue weighted by molar-refractivity contribution is 6.01. The van der Waals surface area contributed by atoms with E-state index in [4.69, 9.17) is 14.2 Å². The second kappa shape index (κ2) is 7.90. The molecular weight excluding hydrogens is 392 g/mol. The summed E-state index contributed by atoms with van der Waals surface area (Å²) in [5.41, 5.74) is 1.74. The van der Waals surface area contributed by atoms with Crippen molar-refractivity contribution in [3.8, 4) is 17.2 Å². The Morgan fingerprint density at radius 2 is 1.43 bits per heavy atom. The van der Waals surface area contributed by atoms with Crippen LogP contribution >= 0.6 is 0 Å². The average molecular weight is 412 g/mol. The molecule has 0 atom stereocenters. The van der Waals surface area contributed by atoms with Crippen LogP contribution in [0.25, 0.3) is 11.0 Å². The second-order valence-electron chi connectivity index (χ2n) is 6.59. The molecule has 0 aliphatic carbocycles. The molecule has 30 heavy (non-hydrogen) atoms. The van der Waals surface area contributed by atoms with Gasteiger partial charge in [-0.2, -0.15) is 0 Å². The first kappa shape index (κ1) is 19.5. The van der Waals surface area contributed by atoms with Gasteiger partial charge in [0.05, 0.1) is 21.3 Å². The summed E-state index contributed by atoms with van der Waals surface area (Å²) in [4.78, 5) is 26.3. The minimum absolute atomic E-state index is 0.307. The summed E-state index contributed by atoms with van der Waals surface area (Å²) in [5.74, 6) is 0.463. The van der Waals surface area contributed by atoms with Crippen molar-refractivity contribution in [1.29, 1.82) is 0 Å². The van der Waals surface area contributed by atoms with E-state index in [9.17, 15) is 9.59 Å². The standard InChI is InChI=1S/C20H20N4O6/c1-27-16-10-13(11-17(28-2)18(16)29-3)20(26)24-8-4-7-23(24)19(25)12-5-6-14-15(9-12)22-30-21-14/h5-6,9-11H,4,7-8H2,1-3H3. The SMILES string of the molecule is COc1cc(C(=O)N2CCCN2C(=O)c2ccc3nonc3c2)cc(OC)c1OC. The number of fused-ring (bicyclic) bond motifs is 1. The van der Waals surface area contributed by atoms with Crippen LogP contribution in [-0.2, 0) is 0 Å². The molecule has 2 aromatic carbocycles. The average Bonchev–Trinajstić information content (AvgIpc) is 3.45. The lowest BCUT2D eigenvalue weighted by atomic mass is 10.1. The van der Waals surface area contributed by atoms with Gasteiger partial charge in [0.2, 0.25) is 5.75 Å². The van der Waals surface area contributed by atoms with Gasteiger partial charge in [-0.15, -0.1) is 0 Å². The molecule has 2 amide bonds. The molecule has 0 saturated carbocycles. The number of aromatic nitrogens is 2. The monoisotopic (exact) mass is 412 g/mol. The molecule has 1 aliphatic heterocycles. The maximum absolute atomic E-state index is 13.2. The lowest BCUT2D eigenvalue weighted by Gasteiger charge is -2.28. The van der Waals surface area contributed by atoms with Crippen LogP contribution in [-0.4, -0.2) is 66.6 Å². The lowest BCUT2D eigenvalue weighted by molar-refractivity contribution is 0.0186. The van der Waals surface area contributed by atoms with Crippen LogP contribution in [0.3, 0.4) is 0 Å². The van der Waals surface area contributed by atoms with Crippen molar-refractivity contribution in [3.05, 3.63) is 41.5 Å². The molecule has 2 heterocycles. The van der Waals surface area contributed by atoms with Gasteiger partial charge >= 0.3 is 0 Å². The van der Waals surface area contributed by atoms with Gasteiger partial charge in [0.25, 0.3) is 11.8 Å². The van der Waals surface area contributed by atoms with Crippen molar-refractivity contribution in [1.82, 2.24) is 20.3 Å². The molecule has 156 valence electrons. The zero-order valence-corrected chi connectivity index (χ0v) is 16.7. The third-order valence-electron chi connectivity index (χ3n) is 4.91. The first-order chi connectivity index (χ1) is 14.6. The summed E-state index contributed by atoms with van der Waals surface area (Å²) in [6.07, 6.45) is 0.662. The van der Waals surface area contributed by atoms with Gasteiger partial charge in [-0.1, -0.05) is 0 Å². The number of carbonyl (C=O) groups is 2. The Kier molecular flexibility index (Phi) is 5.13. The second-order valence-corrected chi connectivity index (χ2v) is 6.59. The Balaban J connectivity index is 1.64. The van der Waals surface area contributed by atoms with Gasteiger partial charge in [-0.3, -0.25) is 9.59 Å². The molecule has 3 aromatic rings. The van der Waals surface area contributed by atoms with Crippen molar-refractivity contribution < 1.29 is 28.4 Å². The molecule has 1 saturated heterocycles. The molecule has 1 aromatic heterocycles. The van der Waals surface area contributed by atoms with Gasteiger partial charge < -0.3 is 14.2 Å². The Morgan fingerprint density at radius 1 is 0.833 bits per heavy atom. The van der Waals surface area contributed by atoms with Crippen molar-refractivity contribution >= 4 is 22.8 Å². The zero-order chi connectivity index (χ0) is 21.3. The van der Waals surface area contributed by atoms with Crippen LogP contribution < -0.4 is 14.2 Å². The van der Waals surface area contributed by atoms with Gasteiger partial charge in [-0.25, -0.2) is 14.6 Å². The molecule has 10 nitrogen and oxygen atoms in total. The van der Waals surface area contributed by atoms with Crippen molar-refractivity contribution in [2.75, 3.05) is 34.4 Å². The number of ether oxygens (including phenoxy) is 3. The quantitative estimate of drug-likeness (QED) is 0.627. The van der Waals surface area contributed by atoms with Gasteiger partial charge in [-0.05, 0) is 47.1 Å². The smallest absolute Gasteiger partial charge is 0.272 e. The van der Waals surface area contributed by atoms with Gasteiger partial charge in [0.1, 0.15) is 11.0 Å². The molecule has 0 spiro atoms. The number of rotatable bonds is 5. The molecule has 4 rings (SSSR count). The highest BCUT2D eigenvalue weighted by atomic mass is 16.6. The third kappa shape index (κ3) is 3.25. The number of carbonyl (C=O) groups excluding carboxylic acids is 2. The fourth-order valence-corrected chi connectivity index (χ4v) is 3.45. The fourth-order valence-electron chi connectivity index (χ4n) is 3.45. The number of hydrogen-bond donors (Lipinski definition) is 0. The molecule has 0 bridgehead atoms. The first-order valence-corrected chi connectivity index (χ1v) is 9.23. The molecule has 0 N–H and O–H groups in total. The van der Waals surface area contributed by atoms with E-state index < -0.39 is 0 Å². The summed E-state index contributed by atoms with van der Waals surface area (Å²) < 4.78 is 20.6. The van der Waals surface area contributed by atoms with E-state index >= 15 is 0 Å². The maximum Gasteiger partial charge on any atom is 0.272 e. The normalized spacial score (nSPS) is 13.6. The Morgan fingerprint density at radius 3 is 2.03 bits per heavy atom. The number of nitrogens with zero attached hydrogens (tertiary/aromatic N) is 4. The number of benzene rings is 2. The predicted molar refractivity (Wildman–Crippen MR) is 105 cm³/mol. The molecular formula is C20H20N4O6. The summed E-state index contributed by atoms with van der Waals surface area (Å²) >= 11 is 0. The van der Waals surface area contributed by atoms with E-state index in [0.29, 0.717) is 58.9 Å². The van der Waals surface area contributed by atoms with Crippen LogP contribution in [0, 0.1) is 0 Å². The molecule has 0 radical (unpaired) electrons. The highest BCUT2D eigenvalue weighted by Gasteiger charge is 2.33. The number of amides is 2. The summed E-state index contributed by atoms with van der Waals surface area (Å²) in [6, 6.07) is 8.01. The van der Waals surface area contributed by atoms with E-state index in [-0.39, 0.29) is 11.8 Å². The van der Waals surface area contributed by atoms with E-state index in [1.807, 2.05) is 0 Å². The highest BCUT2D eigenvalue weighted by Crippen LogP contribution is 2.38. The minimum atomic E-state index is -0.343. The van der Waals surface area contributed by atoms with E-state index in [2.05, 4.69) is 14.9 Å². The van der Waals surface area contributed by atoms with Crippen molar-refractivity contribution in [2.45, 2.75) is 6.42 Å². The van der Waals surface area contributed by atoms with Crippen molar-refractivity contribution in [3.63, 3.8) is 0 Å². The summed E-state index contributed by atoms with van der Waals surface area (Å²) in [7, 11) is 4.45. The zero-order valence-electron chi connectivity index (χ0n) is 16.7. The van der Waals surface area contributed by atoms with Crippen LogP contribution in [0.1, 0.15) is 27.1 Å². The molecule has 1 fully saturated rings. The summed E-state index contributed by atoms with van der Waals surface area (Å²) in [5, 5.41) is 10.4. The molecule has 10 heteroatoms. The molecule has 1 aliphatic rings. The predicted octanol–water partition coefficient (Wildman–Crippen LogP) is 2.15. The van der Waals surface area contributed by atoms with E-state index in [0.717, 1.165) is 0 Å². The third-order valence-corrected chi connectivity index (χ3v) is 4.91. The van der Waals surface area contributed by atoms with Gasteiger partial charge in [0.15, 0.2) is 11.5 Å². The van der Waals surface area contributed by atoms with E-state index in [1.165, 1.54) is 31.3 Å².